The number of carbonyl (C=O) groups excluding carboxylic acids is 2. The maximum Gasteiger partial charge on any atom is 0.340 e. The number of amides is 1. The van der Waals surface area contributed by atoms with Crippen LogP contribution in [0.4, 0.5) is 5.00 Å². The van der Waals surface area contributed by atoms with Gasteiger partial charge in [0.15, 0.2) is 0 Å². The van der Waals surface area contributed by atoms with Crippen molar-refractivity contribution in [2.75, 3.05) is 12.4 Å². The third kappa shape index (κ3) is 4.14. The molecule has 2 N–H and O–H groups in total. The second-order valence-corrected chi connectivity index (χ2v) is 7.16. The number of aryl methyl sites for hydroxylation is 1. The smallest absolute Gasteiger partial charge is 0.340 e. The molecule has 1 amide bonds. The van der Waals surface area contributed by atoms with Crippen LogP contribution < -0.4 is 5.32 Å². The van der Waals surface area contributed by atoms with E-state index in [1.54, 1.807) is 6.07 Å². The molecular formula is C17H23NO5S. The van der Waals surface area contributed by atoms with Crippen molar-refractivity contribution in [2.45, 2.75) is 45.4 Å². The van der Waals surface area contributed by atoms with Crippen LogP contribution in [0.25, 0.3) is 0 Å². The maximum atomic E-state index is 12.6. The van der Waals surface area contributed by atoms with E-state index in [1.807, 2.05) is 6.92 Å². The van der Waals surface area contributed by atoms with Crippen LogP contribution in [0.3, 0.4) is 0 Å². The second kappa shape index (κ2) is 8.28. The Labute approximate surface area is 145 Å². The fraction of sp³-hybridized carbons (Fsp3) is 0.588. The normalized spacial score (nSPS) is 20.4. The van der Waals surface area contributed by atoms with Crippen LogP contribution in [-0.4, -0.2) is 30.1 Å². The fourth-order valence-electron chi connectivity index (χ4n) is 3.11. The van der Waals surface area contributed by atoms with Crippen molar-refractivity contribution in [1.82, 2.24) is 0 Å². The molecule has 24 heavy (non-hydrogen) atoms. The van der Waals surface area contributed by atoms with E-state index in [2.05, 4.69) is 5.32 Å². The number of methoxy groups -OCH3 is 1. The molecule has 0 aromatic carbocycles. The van der Waals surface area contributed by atoms with Crippen LogP contribution in [-0.2, 0) is 20.7 Å². The van der Waals surface area contributed by atoms with Crippen molar-refractivity contribution in [2.24, 2.45) is 11.8 Å². The quantitative estimate of drug-likeness (QED) is 0.765. The molecule has 1 aromatic heterocycles. The minimum atomic E-state index is -0.930. The van der Waals surface area contributed by atoms with Gasteiger partial charge < -0.3 is 15.2 Å². The topological polar surface area (TPSA) is 92.7 Å². The summed E-state index contributed by atoms with van der Waals surface area (Å²) in [5.41, 5.74) is 0.335. The van der Waals surface area contributed by atoms with Gasteiger partial charge in [0.05, 0.1) is 24.5 Å². The second-order valence-electron chi connectivity index (χ2n) is 6.02. The number of rotatable bonds is 6. The van der Waals surface area contributed by atoms with E-state index >= 15 is 0 Å². The third-order valence-corrected chi connectivity index (χ3v) is 5.45. The predicted molar refractivity (Wildman–Crippen MR) is 91.4 cm³/mol. The maximum absolute atomic E-state index is 12.6. The highest BCUT2D eigenvalue weighted by molar-refractivity contribution is 7.16. The first kappa shape index (κ1) is 18.4. The van der Waals surface area contributed by atoms with Crippen molar-refractivity contribution in [3.05, 3.63) is 16.5 Å². The molecule has 1 saturated carbocycles. The highest BCUT2D eigenvalue weighted by Gasteiger charge is 2.36. The first-order valence-electron chi connectivity index (χ1n) is 8.22. The van der Waals surface area contributed by atoms with Gasteiger partial charge in [-0.2, -0.15) is 0 Å². The van der Waals surface area contributed by atoms with E-state index < -0.39 is 23.8 Å². The van der Waals surface area contributed by atoms with E-state index in [9.17, 15) is 19.5 Å². The van der Waals surface area contributed by atoms with Gasteiger partial charge in [-0.1, -0.05) is 26.2 Å². The SMILES string of the molecule is CCCc1cc(C(=O)OC)c(NC(=O)C2CCCCC2C(=O)O)s1. The van der Waals surface area contributed by atoms with Crippen molar-refractivity contribution >= 4 is 34.2 Å². The van der Waals surface area contributed by atoms with E-state index in [4.69, 9.17) is 4.74 Å². The molecule has 132 valence electrons. The largest absolute Gasteiger partial charge is 0.481 e. The standard InChI is InChI=1S/C17H23NO5S/c1-3-6-10-9-13(17(22)23-2)15(24-10)18-14(19)11-7-4-5-8-12(11)16(20)21/h9,11-12H,3-8H2,1-2H3,(H,18,19)(H,20,21). The Hall–Kier alpha value is -1.89. The molecule has 1 aliphatic rings. The Morgan fingerprint density at radius 2 is 1.96 bits per heavy atom. The molecule has 7 heteroatoms. The number of carbonyl (C=O) groups is 3. The molecule has 1 fully saturated rings. The summed E-state index contributed by atoms with van der Waals surface area (Å²) in [6, 6.07) is 1.74. The molecule has 2 rings (SSSR count). The highest BCUT2D eigenvalue weighted by atomic mass is 32.1. The molecule has 0 saturated heterocycles. The minimum Gasteiger partial charge on any atom is -0.481 e. The van der Waals surface area contributed by atoms with Gasteiger partial charge in [-0.25, -0.2) is 4.79 Å². The van der Waals surface area contributed by atoms with Crippen LogP contribution in [0, 0.1) is 11.8 Å². The summed E-state index contributed by atoms with van der Waals surface area (Å²) in [7, 11) is 1.30. The van der Waals surface area contributed by atoms with E-state index in [0.717, 1.165) is 30.6 Å². The summed E-state index contributed by atoms with van der Waals surface area (Å²) >= 11 is 1.35. The molecule has 0 aliphatic heterocycles. The van der Waals surface area contributed by atoms with Gasteiger partial charge in [-0.05, 0) is 25.3 Å². The molecule has 1 aromatic rings. The summed E-state index contributed by atoms with van der Waals surface area (Å²) in [6.07, 6.45) is 4.49. The fourth-order valence-corrected chi connectivity index (χ4v) is 4.26. The molecule has 0 bridgehead atoms. The number of hydrogen-bond donors (Lipinski definition) is 2. The summed E-state index contributed by atoms with van der Waals surface area (Å²) in [6.45, 7) is 2.04. The number of aliphatic carboxylic acids is 1. The summed E-state index contributed by atoms with van der Waals surface area (Å²) in [5.74, 6) is -2.96. The average molecular weight is 353 g/mol. The first-order valence-corrected chi connectivity index (χ1v) is 9.04. The van der Waals surface area contributed by atoms with Crippen molar-refractivity contribution in [3.63, 3.8) is 0 Å². The molecule has 2 atom stereocenters. The number of hydrogen-bond acceptors (Lipinski definition) is 5. The van der Waals surface area contributed by atoms with Crippen LogP contribution in [0.15, 0.2) is 6.07 Å². The summed E-state index contributed by atoms with van der Waals surface area (Å²) < 4.78 is 4.78. The number of ether oxygens (including phenoxy) is 1. The van der Waals surface area contributed by atoms with Gasteiger partial charge in [0.1, 0.15) is 5.00 Å². The monoisotopic (exact) mass is 353 g/mol. The van der Waals surface area contributed by atoms with Crippen LogP contribution in [0.1, 0.15) is 54.3 Å². The lowest BCUT2D eigenvalue weighted by Gasteiger charge is -2.27. The van der Waals surface area contributed by atoms with Gasteiger partial charge in [-0.3, -0.25) is 9.59 Å². The van der Waals surface area contributed by atoms with E-state index in [1.165, 1.54) is 18.4 Å². The zero-order valence-electron chi connectivity index (χ0n) is 14.0. The Morgan fingerprint density at radius 3 is 2.54 bits per heavy atom. The number of esters is 1. The zero-order valence-corrected chi connectivity index (χ0v) is 14.8. The predicted octanol–water partition coefficient (Wildman–Crippen LogP) is 3.32. The van der Waals surface area contributed by atoms with E-state index in [-0.39, 0.29) is 5.91 Å². The number of carboxylic acids is 1. The zero-order chi connectivity index (χ0) is 17.7. The Kier molecular flexibility index (Phi) is 6.36. The van der Waals surface area contributed by atoms with Crippen molar-refractivity contribution in [1.29, 1.82) is 0 Å². The minimum absolute atomic E-state index is 0.322. The van der Waals surface area contributed by atoms with Gasteiger partial charge in [-0.15, -0.1) is 11.3 Å². The van der Waals surface area contributed by atoms with Crippen molar-refractivity contribution in [3.8, 4) is 0 Å². The Bertz CT molecular complexity index is 624. The number of anilines is 1. The molecule has 1 aliphatic carbocycles. The first-order chi connectivity index (χ1) is 11.5. The molecular weight excluding hydrogens is 330 g/mol. The van der Waals surface area contributed by atoms with Crippen LogP contribution >= 0.6 is 11.3 Å². The Balaban J connectivity index is 2.20. The van der Waals surface area contributed by atoms with Gasteiger partial charge in [0, 0.05) is 4.88 Å². The van der Waals surface area contributed by atoms with Gasteiger partial charge >= 0.3 is 11.9 Å². The average Bonchev–Trinajstić information content (AvgIpc) is 2.96. The Morgan fingerprint density at radius 1 is 1.29 bits per heavy atom. The molecule has 6 nitrogen and oxygen atoms in total. The lowest BCUT2D eigenvalue weighted by atomic mass is 9.79. The summed E-state index contributed by atoms with van der Waals surface area (Å²) in [4.78, 5) is 36.9. The van der Waals surface area contributed by atoms with Gasteiger partial charge in [0.2, 0.25) is 5.91 Å². The molecule has 2 unspecified atom stereocenters. The lowest BCUT2D eigenvalue weighted by molar-refractivity contribution is -0.147. The highest BCUT2D eigenvalue weighted by Crippen LogP contribution is 2.34. The molecule has 0 radical (unpaired) electrons. The van der Waals surface area contributed by atoms with E-state index in [0.29, 0.717) is 23.4 Å². The molecule has 0 spiro atoms. The van der Waals surface area contributed by atoms with Crippen LogP contribution in [0.2, 0.25) is 0 Å². The lowest BCUT2D eigenvalue weighted by Crippen LogP contribution is -2.36. The van der Waals surface area contributed by atoms with Crippen molar-refractivity contribution < 1.29 is 24.2 Å². The summed E-state index contributed by atoms with van der Waals surface area (Å²) in [5, 5.41) is 12.6. The van der Waals surface area contributed by atoms with Gasteiger partial charge in [0.25, 0.3) is 0 Å². The third-order valence-electron chi connectivity index (χ3n) is 4.34. The van der Waals surface area contributed by atoms with Crippen LogP contribution in [0.5, 0.6) is 0 Å². The number of nitrogens with one attached hydrogen (secondary N) is 1. The number of carboxylic acid groups (broad SMARTS) is 1. The molecule has 1 heterocycles. The number of thiophene rings is 1.